The van der Waals surface area contributed by atoms with Crippen LogP contribution in [0, 0.1) is 11.8 Å². The van der Waals surface area contributed by atoms with E-state index in [9.17, 15) is 0 Å². The fraction of sp³-hybridized carbons (Fsp3) is 0.294. The van der Waals surface area contributed by atoms with Crippen molar-refractivity contribution in [1.29, 1.82) is 0 Å². The maximum absolute atomic E-state index is 3.53. The summed E-state index contributed by atoms with van der Waals surface area (Å²) in [7, 11) is 0. The third-order valence-corrected chi connectivity index (χ3v) is 4.36. The van der Waals surface area contributed by atoms with E-state index in [1.807, 2.05) is 0 Å². The van der Waals surface area contributed by atoms with E-state index in [0.29, 0.717) is 0 Å². The number of benzene rings is 1. The van der Waals surface area contributed by atoms with Crippen molar-refractivity contribution in [2.24, 2.45) is 11.8 Å². The largest absolute Gasteiger partial charge is 0.0793 e. The maximum atomic E-state index is 3.53. The van der Waals surface area contributed by atoms with Gasteiger partial charge in [0, 0.05) is 4.48 Å². The van der Waals surface area contributed by atoms with E-state index in [-0.39, 0.29) is 0 Å². The molecule has 0 unspecified atom stereocenters. The molecule has 1 heteroatoms. The first-order chi connectivity index (χ1) is 8.83. The van der Waals surface area contributed by atoms with Crippen LogP contribution < -0.4 is 0 Å². The lowest BCUT2D eigenvalue weighted by atomic mass is 10.0. The van der Waals surface area contributed by atoms with Crippen LogP contribution in [0.5, 0.6) is 0 Å². The molecule has 2 aliphatic carbocycles. The van der Waals surface area contributed by atoms with Gasteiger partial charge in [-0.2, -0.15) is 0 Å². The summed E-state index contributed by atoms with van der Waals surface area (Å²) in [6.45, 7) is 0. The third kappa shape index (κ3) is 2.84. The summed E-state index contributed by atoms with van der Waals surface area (Å²) in [5.41, 5.74) is 3.08. The number of rotatable bonds is 3. The molecule has 18 heavy (non-hydrogen) atoms. The highest BCUT2D eigenvalue weighted by Crippen LogP contribution is 2.47. The predicted octanol–water partition coefficient (Wildman–Crippen LogP) is 5.03. The van der Waals surface area contributed by atoms with Gasteiger partial charge >= 0.3 is 0 Å². The quantitative estimate of drug-likeness (QED) is 0.734. The van der Waals surface area contributed by atoms with Crippen LogP contribution in [0.3, 0.4) is 0 Å². The summed E-state index contributed by atoms with van der Waals surface area (Å²) in [5.74, 6) is 1.67. The van der Waals surface area contributed by atoms with Crippen molar-refractivity contribution >= 4 is 15.9 Å². The Labute approximate surface area is 117 Å². The average molecular weight is 301 g/mol. The Morgan fingerprint density at radius 1 is 1.11 bits per heavy atom. The molecule has 1 saturated carbocycles. The molecule has 0 amide bonds. The zero-order valence-corrected chi connectivity index (χ0v) is 11.9. The lowest BCUT2D eigenvalue weighted by Crippen LogP contribution is -1.92. The highest BCUT2D eigenvalue weighted by Gasteiger charge is 2.38. The molecule has 1 aromatic carbocycles. The van der Waals surface area contributed by atoms with Gasteiger partial charge in [0.2, 0.25) is 0 Å². The Morgan fingerprint density at radius 2 is 1.94 bits per heavy atom. The summed E-state index contributed by atoms with van der Waals surface area (Å²) in [5, 5.41) is 0. The lowest BCUT2D eigenvalue weighted by molar-refractivity contribution is 0.752. The van der Waals surface area contributed by atoms with E-state index in [2.05, 4.69) is 70.6 Å². The second-order valence-corrected chi connectivity index (χ2v) is 6.11. The number of allylic oxidation sites excluding steroid dienone is 6. The fourth-order valence-electron chi connectivity index (χ4n) is 2.74. The average Bonchev–Trinajstić information content (AvgIpc) is 3.15. The summed E-state index contributed by atoms with van der Waals surface area (Å²) < 4.78 is 1.18. The van der Waals surface area contributed by atoms with Gasteiger partial charge in [0.25, 0.3) is 0 Å². The minimum absolute atomic E-state index is 0.810. The van der Waals surface area contributed by atoms with Crippen LogP contribution >= 0.6 is 15.9 Å². The minimum atomic E-state index is 0.810. The molecule has 1 aromatic rings. The maximum Gasteiger partial charge on any atom is 0.0172 e. The molecule has 0 aromatic heterocycles. The Morgan fingerprint density at radius 3 is 2.78 bits per heavy atom. The molecule has 0 radical (unpaired) electrons. The first kappa shape index (κ1) is 12.0. The molecule has 1 fully saturated rings. The van der Waals surface area contributed by atoms with Gasteiger partial charge in [-0.25, -0.2) is 0 Å². The van der Waals surface area contributed by atoms with Crippen LogP contribution in [0.1, 0.15) is 18.4 Å². The molecular formula is C17H17Br. The van der Waals surface area contributed by atoms with E-state index in [0.717, 1.165) is 18.3 Å². The van der Waals surface area contributed by atoms with Gasteiger partial charge in [-0.1, -0.05) is 70.1 Å². The second kappa shape index (κ2) is 5.27. The Balaban J connectivity index is 1.63. The van der Waals surface area contributed by atoms with Gasteiger partial charge in [0.1, 0.15) is 0 Å². The first-order valence-electron chi connectivity index (χ1n) is 6.59. The number of halogens is 1. The third-order valence-electron chi connectivity index (χ3n) is 3.83. The van der Waals surface area contributed by atoms with Gasteiger partial charge in [-0.15, -0.1) is 0 Å². The zero-order chi connectivity index (χ0) is 12.4. The van der Waals surface area contributed by atoms with Crippen molar-refractivity contribution in [3.63, 3.8) is 0 Å². The van der Waals surface area contributed by atoms with Crippen LogP contribution in [0.15, 0.2) is 64.7 Å². The Kier molecular flexibility index (Phi) is 3.51. The Bertz CT molecular complexity index is 508. The SMILES string of the molecule is BrC1=CC=C([C@@H]2C[C@@H]2Cc2ccccc2)CC=C1. The normalized spacial score (nSPS) is 26.3. The van der Waals surface area contributed by atoms with Crippen molar-refractivity contribution in [1.82, 2.24) is 0 Å². The number of hydrogen-bond donors (Lipinski definition) is 0. The van der Waals surface area contributed by atoms with Crippen LogP contribution in [0.25, 0.3) is 0 Å². The topological polar surface area (TPSA) is 0 Å². The molecule has 0 saturated heterocycles. The highest BCUT2D eigenvalue weighted by atomic mass is 79.9. The second-order valence-electron chi connectivity index (χ2n) is 5.19. The van der Waals surface area contributed by atoms with Crippen molar-refractivity contribution in [2.45, 2.75) is 19.3 Å². The molecular weight excluding hydrogens is 284 g/mol. The molecule has 92 valence electrons. The molecule has 2 aliphatic rings. The van der Waals surface area contributed by atoms with Crippen molar-refractivity contribution < 1.29 is 0 Å². The van der Waals surface area contributed by atoms with Gasteiger partial charge in [0.15, 0.2) is 0 Å². The molecule has 0 spiro atoms. The highest BCUT2D eigenvalue weighted by molar-refractivity contribution is 9.11. The van der Waals surface area contributed by atoms with E-state index < -0.39 is 0 Å². The Hall–Kier alpha value is -1.08. The van der Waals surface area contributed by atoms with Crippen LogP contribution in [-0.4, -0.2) is 0 Å². The molecule has 3 rings (SSSR count). The molecule has 2 atom stereocenters. The summed E-state index contributed by atoms with van der Waals surface area (Å²) >= 11 is 3.53. The first-order valence-corrected chi connectivity index (χ1v) is 7.39. The standard InChI is InChI=1S/C17H17Br/c18-16-8-4-7-14(9-10-16)17-12-15(17)11-13-5-2-1-3-6-13/h1-6,8-10,15,17H,7,11-12H2/t15-,17-/m0/s1. The molecule has 0 nitrogen and oxygen atoms in total. The molecule has 0 bridgehead atoms. The molecule has 0 N–H and O–H groups in total. The monoisotopic (exact) mass is 300 g/mol. The van der Waals surface area contributed by atoms with E-state index in [1.54, 1.807) is 5.57 Å². The van der Waals surface area contributed by atoms with E-state index >= 15 is 0 Å². The van der Waals surface area contributed by atoms with Crippen LogP contribution in [-0.2, 0) is 6.42 Å². The summed E-state index contributed by atoms with van der Waals surface area (Å²) in [6, 6.07) is 10.9. The van der Waals surface area contributed by atoms with Crippen LogP contribution in [0.2, 0.25) is 0 Å². The zero-order valence-electron chi connectivity index (χ0n) is 10.4. The molecule has 0 heterocycles. The smallest absolute Gasteiger partial charge is 0.0172 e. The summed E-state index contributed by atoms with van der Waals surface area (Å²) in [4.78, 5) is 0. The summed E-state index contributed by atoms with van der Waals surface area (Å²) in [6.07, 6.45) is 12.6. The van der Waals surface area contributed by atoms with Gasteiger partial charge in [0.05, 0.1) is 0 Å². The van der Waals surface area contributed by atoms with Gasteiger partial charge in [-0.3, -0.25) is 0 Å². The van der Waals surface area contributed by atoms with Crippen molar-refractivity contribution in [3.05, 3.63) is 70.3 Å². The van der Waals surface area contributed by atoms with Crippen molar-refractivity contribution in [2.75, 3.05) is 0 Å². The van der Waals surface area contributed by atoms with Gasteiger partial charge < -0.3 is 0 Å². The minimum Gasteiger partial charge on any atom is -0.0793 e. The molecule has 0 aliphatic heterocycles. The van der Waals surface area contributed by atoms with Gasteiger partial charge in [-0.05, 0) is 42.7 Å². The fourth-order valence-corrected chi connectivity index (χ4v) is 3.06. The lowest BCUT2D eigenvalue weighted by Gasteiger charge is -2.03. The number of hydrogen-bond acceptors (Lipinski definition) is 0. The van der Waals surface area contributed by atoms with Crippen LogP contribution in [0.4, 0.5) is 0 Å². The van der Waals surface area contributed by atoms with E-state index in [1.165, 1.54) is 22.9 Å². The predicted molar refractivity (Wildman–Crippen MR) is 80.6 cm³/mol. The van der Waals surface area contributed by atoms with E-state index in [4.69, 9.17) is 0 Å². The van der Waals surface area contributed by atoms with Crippen molar-refractivity contribution in [3.8, 4) is 0 Å².